The van der Waals surface area contributed by atoms with Crippen molar-refractivity contribution in [2.45, 2.75) is 43.3 Å². The third-order valence-electron chi connectivity index (χ3n) is 7.39. The van der Waals surface area contributed by atoms with Crippen LogP contribution in [-0.2, 0) is 24.3 Å². The lowest BCUT2D eigenvalue weighted by Gasteiger charge is -2.26. The van der Waals surface area contributed by atoms with Crippen molar-refractivity contribution in [3.8, 4) is 0 Å². The molecule has 4 aromatic rings. The summed E-state index contributed by atoms with van der Waals surface area (Å²) in [6.07, 6.45) is 3.07. The van der Waals surface area contributed by atoms with Gasteiger partial charge in [0.2, 0.25) is 5.91 Å². The molecule has 2 heterocycles. The zero-order valence-corrected chi connectivity index (χ0v) is 23.3. The Morgan fingerprint density at radius 3 is 2.50 bits per heavy atom. The summed E-state index contributed by atoms with van der Waals surface area (Å²) in [5.41, 5.74) is 6.07. The Labute approximate surface area is 235 Å². The lowest BCUT2D eigenvalue weighted by atomic mass is 9.87. The van der Waals surface area contributed by atoms with Crippen molar-refractivity contribution in [2.24, 2.45) is 0 Å². The number of hydrogen-bond donors (Lipinski definition) is 1. The van der Waals surface area contributed by atoms with Gasteiger partial charge in [-0.1, -0.05) is 58.4 Å². The summed E-state index contributed by atoms with van der Waals surface area (Å²) in [4.78, 5) is 30.0. The highest BCUT2D eigenvalue weighted by Crippen LogP contribution is 2.32. The molecule has 38 heavy (non-hydrogen) atoms. The first kappa shape index (κ1) is 25.0. The minimum Gasteiger partial charge on any atom is -0.344 e. The van der Waals surface area contributed by atoms with Crippen LogP contribution in [0.5, 0.6) is 0 Å². The van der Waals surface area contributed by atoms with E-state index in [0.29, 0.717) is 24.5 Å². The van der Waals surface area contributed by atoms with Gasteiger partial charge in [-0.15, -0.1) is 11.8 Å². The number of nitrogens with zero attached hydrogens (tertiary/aromatic N) is 2. The first-order chi connectivity index (χ1) is 18.6. The molecule has 3 aromatic carbocycles. The second-order valence-electron chi connectivity index (χ2n) is 9.76. The fourth-order valence-corrected chi connectivity index (χ4v) is 6.51. The molecule has 1 atom stereocenters. The average Bonchev–Trinajstić information content (AvgIpc) is 3.26. The number of rotatable bonds is 5. The summed E-state index contributed by atoms with van der Waals surface area (Å²) in [6.45, 7) is 0.975. The quantitative estimate of drug-likeness (QED) is 0.264. The summed E-state index contributed by atoms with van der Waals surface area (Å²) >= 11 is 5.00. The van der Waals surface area contributed by atoms with Crippen LogP contribution in [0.4, 0.5) is 5.69 Å². The van der Waals surface area contributed by atoms with Gasteiger partial charge < -0.3 is 14.8 Å². The van der Waals surface area contributed by atoms with E-state index in [2.05, 4.69) is 44.0 Å². The number of hydrogen-bond acceptors (Lipinski definition) is 3. The van der Waals surface area contributed by atoms with Crippen LogP contribution in [0.2, 0.25) is 0 Å². The van der Waals surface area contributed by atoms with Gasteiger partial charge in [0.25, 0.3) is 5.91 Å². The zero-order chi connectivity index (χ0) is 26.1. The maximum Gasteiger partial charge on any atom is 0.268 e. The molecule has 1 aliphatic heterocycles. The number of carbonyl (C=O) groups is 2. The fourth-order valence-electron chi connectivity index (χ4n) is 5.47. The van der Waals surface area contributed by atoms with E-state index in [4.69, 9.17) is 0 Å². The second-order valence-corrected chi connectivity index (χ2v) is 11.7. The lowest BCUT2D eigenvalue weighted by Crippen LogP contribution is -2.33. The Bertz CT molecular complexity index is 1500. The molecule has 0 saturated carbocycles. The van der Waals surface area contributed by atoms with Crippen LogP contribution in [0.25, 0.3) is 0 Å². The van der Waals surface area contributed by atoms with Crippen molar-refractivity contribution >= 4 is 45.2 Å². The summed E-state index contributed by atoms with van der Waals surface area (Å²) in [5.74, 6) is 0.316. The molecule has 0 saturated heterocycles. The third kappa shape index (κ3) is 5.05. The van der Waals surface area contributed by atoms with Crippen LogP contribution in [0.3, 0.4) is 0 Å². The number of thioether (sulfide) groups is 1. The van der Waals surface area contributed by atoms with Crippen LogP contribution in [0.1, 0.15) is 51.8 Å². The summed E-state index contributed by atoms with van der Waals surface area (Å²) in [5, 5.41) is 3.30. The molecule has 6 rings (SSSR count). The molecule has 0 spiro atoms. The number of benzene rings is 3. The maximum atomic E-state index is 13.6. The van der Waals surface area contributed by atoms with Gasteiger partial charge in [0.05, 0.1) is 24.9 Å². The Morgan fingerprint density at radius 1 is 0.895 bits per heavy atom. The molecule has 1 unspecified atom stereocenters. The molecule has 2 amide bonds. The van der Waals surface area contributed by atoms with E-state index in [0.717, 1.165) is 45.6 Å². The summed E-state index contributed by atoms with van der Waals surface area (Å²) < 4.78 is 3.08. The monoisotopic (exact) mass is 585 g/mol. The van der Waals surface area contributed by atoms with E-state index in [1.165, 1.54) is 22.9 Å². The van der Waals surface area contributed by atoms with Crippen LogP contribution in [0, 0.1) is 0 Å². The number of aromatic nitrogens is 1. The second kappa shape index (κ2) is 10.8. The standard InChI is InChI=1S/C31H28BrN3O2S/c32-23-12-15-25(16-13-23)38-20-30(36)35-19-24-14-17-29(34(24)18-22-7-2-4-11-28(22)35)31(37)33-27-10-5-8-21-6-1-3-9-26(21)27/h1-4,6-7,9,11-17,27H,5,8,10,18-20H2,(H,33,37). The van der Waals surface area contributed by atoms with Gasteiger partial charge in [-0.2, -0.15) is 0 Å². The van der Waals surface area contributed by atoms with Gasteiger partial charge in [-0.25, -0.2) is 0 Å². The minimum atomic E-state index is -0.0685. The number of para-hydroxylation sites is 1. The predicted octanol–water partition coefficient (Wildman–Crippen LogP) is 6.75. The molecule has 192 valence electrons. The van der Waals surface area contributed by atoms with Gasteiger partial charge in [0, 0.05) is 20.7 Å². The molecule has 5 nitrogen and oxygen atoms in total. The fraction of sp³-hybridized carbons (Fsp3) is 0.226. The van der Waals surface area contributed by atoms with E-state index in [-0.39, 0.29) is 17.9 Å². The van der Waals surface area contributed by atoms with Crippen molar-refractivity contribution in [1.29, 1.82) is 0 Å². The molecule has 1 aliphatic carbocycles. The van der Waals surface area contributed by atoms with Crippen LogP contribution in [-0.4, -0.2) is 22.1 Å². The Balaban J connectivity index is 1.24. The highest BCUT2D eigenvalue weighted by Gasteiger charge is 2.28. The number of anilines is 1. The number of nitrogens with one attached hydrogen (secondary N) is 1. The Morgan fingerprint density at radius 2 is 1.66 bits per heavy atom. The smallest absolute Gasteiger partial charge is 0.268 e. The number of amides is 2. The lowest BCUT2D eigenvalue weighted by molar-refractivity contribution is -0.116. The maximum absolute atomic E-state index is 13.6. The minimum absolute atomic E-state index is 0.0189. The molecule has 7 heteroatoms. The molecule has 2 aliphatic rings. The summed E-state index contributed by atoms with van der Waals surface area (Å²) in [6, 6.07) is 28.3. The Hall–Kier alpha value is -3.29. The normalized spacial score (nSPS) is 16.1. The van der Waals surface area contributed by atoms with Crippen molar-refractivity contribution in [3.63, 3.8) is 0 Å². The molecular formula is C31H28BrN3O2S. The first-order valence-electron chi connectivity index (χ1n) is 12.9. The van der Waals surface area contributed by atoms with Crippen molar-refractivity contribution in [3.05, 3.63) is 117 Å². The van der Waals surface area contributed by atoms with Gasteiger partial charge in [0.15, 0.2) is 0 Å². The number of fused-ring (bicyclic) bond motifs is 3. The van der Waals surface area contributed by atoms with Gasteiger partial charge >= 0.3 is 0 Å². The number of aryl methyl sites for hydroxylation is 1. The molecular weight excluding hydrogens is 558 g/mol. The largest absolute Gasteiger partial charge is 0.344 e. The summed E-state index contributed by atoms with van der Waals surface area (Å²) in [7, 11) is 0. The highest BCUT2D eigenvalue weighted by atomic mass is 79.9. The van der Waals surface area contributed by atoms with Crippen molar-refractivity contribution < 1.29 is 9.59 Å². The van der Waals surface area contributed by atoms with Crippen LogP contribution >= 0.6 is 27.7 Å². The third-order valence-corrected chi connectivity index (χ3v) is 8.91. The molecule has 1 N–H and O–H groups in total. The van der Waals surface area contributed by atoms with Crippen molar-refractivity contribution in [1.82, 2.24) is 9.88 Å². The van der Waals surface area contributed by atoms with E-state index >= 15 is 0 Å². The topological polar surface area (TPSA) is 54.3 Å². The molecule has 0 fully saturated rings. The predicted molar refractivity (Wildman–Crippen MR) is 156 cm³/mol. The van der Waals surface area contributed by atoms with Crippen molar-refractivity contribution in [2.75, 3.05) is 10.7 Å². The number of halogens is 1. The van der Waals surface area contributed by atoms with Gasteiger partial charge in [-0.3, -0.25) is 9.59 Å². The van der Waals surface area contributed by atoms with E-state index in [9.17, 15) is 9.59 Å². The van der Waals surface area contributed by atoms with E-state index in [1.54, 1.807) is 0 Å². The average molecular weight is 587 g/mol. The van der Waals surface area contributed by atoms with E-state index < -0.39 is 0 Å². The van der Waals surface area contributed by atoms with Gasteiger partial charge in [0.1, 0.15) is 5.69 Å². The molecule has 0 radical (unpaired) electrons. The molecule has 0 bridgehead atoms. The first-order valence-corrected chi connectivity index (χ1v) is 14.7. The SMILES string of the molecule is O=C(NC1CCCc2ccccc21)c1ccc2n1Cc1ccccc1N(C(=O)CSc1ccc(Br)cc1)C2. The Kier molecular flexibility index (Phi) is 7.13. The zero-order valence-electron chi connectivity index (χ0n) is 20.9. The molecule has 1 aromatic heterocycles. The highest BCUT2D eigenvalue weighted by molar-refractivity contribution is 9.10. The van der Waals surface area contributed by atoms with E-state index in [1.807, 2.05) is 71.6 Å². The van der Waals surface area contributed by atoms with Crippen LogP contribution in [0.15, 0.2) is 94.3 Å². The van der Waals surface area contributed by atoms with Crippen LogP contribution < -0.4 is 10.2 Å². The van der Waals surface area contributed by atoms with Gasteiger partial charge in [-0.05, 0) is 78.4 Å². The number of carbonyl (C=O) groups excluding carboxylic acids is 2.